The predicted molar refractivity (Wildman–Crippen MR) is 78.1 cm³/mol. The van der Waals surface area contributed by atoms with Crippen LogP contribution in [0.2, 0.25) is 0 Å². The van der Waals surface area contributed by atoms with Crippen molar-refractivity contribution in [1.82, 2.24) is 4.90 Å². The number of hydrogen-bond acceptors (Lipinski definition) is 2. The first-order chi connectivity index (χ1) is 9.00. The number of rotatable bonds is 3. The van der Waals surface area contributed by atoms with E-state index in [0.717, 1.165) is 25.9 Å². The Morgan fingerprint density at radius 1 is 1.21 bits per heavy atom. The van der Waals surface area contributed by atoms with E-state index in [1.807, 2.05) is 4.90 Å². The fraction of sp³-hybridized carbons (Fsp3) is 0.562. The van der Waals surface area contributed by atoms with Gasteiger partial charge < -0.3 is 10.6 Å². The number of carbonyl (C=O) groups excluding carboxylic acids is 1. The molecule has 0 bridgehead atoms. The smallest absolute Gasteiger partial charge is 0.239 e. The lowest BCUT2D eigenvalue weighted by atomic mass is 9.94. The Bertz CT molecular complexity index is 476. The lowest BCUT2D eigenvalue weighted by Gasteiger charge is -2.21. The van der Waals surface area contributed by atoms with Crippen molar-refractivity contribution in [3.63, 3.8) is 0 Å². The average Bonchev–Trinajstić information content (AvgIpc) is 2.92. The summed E-state index contributed by atoms with van der Waals surface area (Å²) in [6, 6.07) is 3.82. The van der Waals surface area contributed by atoms with E-state index in [2.05, 4.69) is 32.9 Å². The molecule has 1 aromatic carbocycles. The van der Waals surface area contributed by atoms with Crippen LogP contribution in [0.1, 0.15) is 35.1 Å². The Labute approximate surface area is 115 Å². The van der Waals surface area contributed by atoms with Gasteiger partial charge in [0.1, 0.15) is 0 Å². The summed E-state index contributed by atoms with van der Waals surface area (Å²) in [6.07, 6.45) is 2.87. The summed E-state index contributed by atoms with van der Waals surface area (Å²) in [4.78, 5) is 14.1. The van der Waals surface area contributed by atoms with Crippen molar-refractivity contribution < 1.29 is 4.79 Å². The van der Waals surface area contributed by atoms with E-state index in [9.17, 15) is 4.79 Å². The zero-order chi connectivity index (χ0) is 14.0. The van der Waals surface area contributed by atoms with Crippen LogP contribution < -0.4 is 5.73 Å². The molecule has 2 N–H and O–H groups in total. The third-order valence-electron chi connectivity index (χ3n) is 4.34. The lowest BCUT2D eigenvalue weighted by molar-refractivity contribution is -0.131. The zero-order valence-electron chi connectivity index (χ0n) is 12.2. The van der Waals surface area contributed by atoms with Crippen LogP contribution in [0, 0.1) is 20.8 Å². The molecule has 0 spiro atoms. The molecule has 19 heavy (non-hydrogen) atoms. The Kier molecular flexibility index (Phi) is 4.25. The minimum atomic E-state index is -0.404. The maximum Gasteiger partial charge on any atom is 0.239 e. The molecule has 1 amide bonds. The molecule has 0 aromatic heterocycles. The van der Waals surface area contributed by atoms with Crippen LogP contribution in [0.3, 0.4) is 0 Å². The number of likely N-dealkylation sites (tertiary alicyclic amines) is 1. The van der Waals surface area contributed by atoms with Gasteiger partial charge in [0.05, 0.1) is 6.04 Å². The molecule has 104 valence electrons. The van der Waals surface area contributed by atoms with Gasteiger partial charge in [-0.1, -0.05) is 12.1 Å². The second kappa shape index (κ2) is 5.74. The van der Waals surface area contributed by atoms with Gasteiger partial charge >= 0.3 is 0 Å². The van der Waals surface area contributed by atoms with Crippen LogP contribution in [0.25, 0.3) is 0 Å². The molecule has 1 heterocycles. The van der Waals surface area contributed by atoms with Gasteiger partial charge in [-0.05, 0) is 62.3 Å². The zero-order valence-corrected chi connectivity index (χ0v) is 12.2. The quantitative estimate of drug-likeness (QED) is 0.904. The largest absolute Gasteiger partial charge is 0.341 e. The molecule has 1 aliphatic heterocycles. The minimum Gasteiger partial charge on any atom is -0.341 e. The number of benzene rings is 1. The van der Waals surface area contributed by atoms with E-state index in [0.29, 0.717) is 6.42 Å². The van der Waals surface area contributed by atoms with Crippen molar-refractivity contribution in [3.05, 3.63) is 34.4 Å². The molecule has 3 nitrogen and oxygen atoms in total. The number of nitrogens with two attached hydrogens (primary N) is 1. The highest BCUT2D eigenvalue weighted by Crippen LogP contribution is 2.19. The molecule has 3 heteroatoms. The maximum absolute atomic E-state index is 12.2. The monoisotopic (exact) mass is 260 g/mol. The molecule has 1 unspecified atom stereocenters. The van der Waals surface area contributed by atoms with Crippen molar-refractivity contribution in [2.75, 3.05) is 13.1 Å². The fourth-order valence-corrected chi connectivity index (χ4v) is 2.73. The number of amides is 1. The molecule has 1 fully saturated rings. The summed E-state index contributed by atoms with van der Waals surface area (Å²) in [6.45, 7) is 8.10. The highest BCUT2D eigenvalue weighted by atomic mass is 16.2. The number of carbonyl (C=O) groups is 1. The molecule has 1 saturated heterocycles. The lowest BCUT2D eigenvalue weighted by Crippen LogP contribution is -2.43. The SMILES string of the molecule is Cc1ccc(CC(N)C(=O)N2CCCC2)c(C)c1C. The van der Waals surface area contributed by atoms with Crippen LogP contribution in [0.5, 0.6) is 0 Å². The van der Waals surface area contributed by atoms with E-state index in [-0.39, 0.29) is 5.91 Å². The average molecular weight is 260 g/mol. The fourth-order valence-electron chi connectivity index (χ4n) is 2.73. The molecule has 0 saturated carbocycles. The Balaban J connectivity index is 2.08. The summed E-state index contributed by atoms with van der Waals surface area (Å²) >= 11 is 0. The Morgan fingerprint density at radius 2 is 1.84 bits per heavy atom. The third-order valence-corrected chi connectivity index (χ3v) is 4.34. The van der Waals surface area contributed by atoms with Crippen LogP contribution in [0.4, 0.5) is 0 Å². The van der Waals surface area contributed by atoms with E-state index >= 15 is 0 Å². The van der Waals surface area contributed by atoms with Crippen molar-refractivity contribution in [1.29, 1.82) is 0 Å². The van der Waals surface area contributed by atoms with Crippen molar-refractivity contribution in [3.8, 4) is 0 Å². The van der Waals surface area contributed by atoms with E-state index in [4.69, 9.17) is 5.73 Å². The van der Waals surface area contributed by atoms with Gasteiger partial charge in [0.25, 0.3) is 0 Å². The summed E-state index contributed by atoms with van der Waals surface area (Å²) in [7, 11) is 0. The Hall–Kier alpha value is -1.35. The molecule has 1 aromatic rings. The van der Waals surface area contributed by atoms with E-state index in [1.165, 1.54) is 22.3 Å². The van der Waals surface area contributed by atoms with Crippen LogP contribution in [-0.4, -0.2) is 29.9 Å². The summed E-state index contributed by atoms with van der Waals surface area (Å²) in [5.74, 6) is 0.107. The predicted octanol–water partition coefficient (Wildman–Crippen LogP) is 2.10. The van der Waals surface area contributed by atoms with Gasteiger partial charge in [-0.2, -0.15) is 0 Å². The van der Waals surface area contributed by atoms with Gasteiger partial charge in [-0.15, -0.1) is 0 Å². The Morgan fingerprint density at radius 3 is 2.47 bits per heavy atom. The topological polar surface area (TPSA) is 46.3 Å². The molecule has 1 aliphatic rings. The van der Waals surface area contributed by atoms with Gasteiger partial charge in [0.2, 0.25) is 5.91 Å². The molecule has 0 radical (unpaired) electrons. The number of hydrogen-bond donors (Lipinski definition) is 1. The van der Waals surface area contributed by atoms with Gasteiger partial charge in [0.15, 0.2) is 0 Å². The molecule has 1 atom stereocenters. The third kappa shape index (κ3) is 2.98. The second-order valence-corrected chi connectivity index (χ2v) is 5.63. The van der Waals surface area contributed by atoms with Crippen molar-refractivity contribution in [2.24, 2.45) is 5.73 Å². The van der Waals surface area contributed by atoms with Crippen molar-refractivity contribution in [2.45, 2.75) is 46.1 Å². The first-order valence-corrected chi connectivity index (χ1v) is 7.10. The second-order valence-electron chi connectivity index (χ2n) is 5.63. The molecule has 0 aliphatic carbocycles. The maximum atomic E-state index is 12.2. The highest BCUT2D eigenvalue weighted by Gasteiger charge is 2.24. The normalized spacial score (nSPS) is 16.7. The summed E-state index contributed by atoms with van der Waals surface area (Å²) < 4.78 is 0. The van der Waals surface area contributed by atoms with Crippen LogP contribution in [-0.2, 0) is 11.2 Å². The first-order valence-electron chi connectivity index (χ1n) is 7.10. The van der Waals surface area contributed by atoms with E-state index < -0.39 is 6.04 Å². The standard InChI is InChI=1S/C16H24N2O/c1-11-6-7-14(13(3)12(11)2)10-15(17)16(19)18-8-4-5-9-18/h6-7,15H,4-5,8-10,17H2,1-3H3. The highest BCUT2D eigenvalue weighted by molar-refractivity contribution is 5.82. The van der Waals surface area contributed by atoms with Gasteiger partial charge in [-0.3, -0.25) is 4.79 Å². The van der Waals surface area contributed by atoms with Crippen LogP contribution in [0.15, 0.2) is 12.1 Å². The number of aryl methyl sites for hydroxylation is 1. The minimum absolute atomic E-state index is 0.107. The summed E-state index contributed by atoms with van der Waals surface area (Å²) in [5.41, 5.74) is 11.2. The molecular weight excluding hydrogens is 236 g/mol. The molecular formula is C16H24N2O. The van der Waals surface area contributed by atoms with E-state index in [1.54, 1.807) is 0 Å². The van der Waals surface area contributed by atoms with Gasteiger partial charge in [0, 0.05) is 13.1 Å². The van der Waals surface area contributed by atoms with Crippen molar-refractivity contribution >= 4 is 5.91 Å². The molecule has 2 rings (SSSR count). The number of nitrogens with zero attached hydrogens (tertiary/aromatic N) is 1. The summed E-state index contributed by atoms with van der Waals surface area (Å²) in [5, 5.41) is 0. The first kappa shape index (κ1) is 14.1. The van der Waals surface area contributed by atoms with Gasteiger partial charge in [-0.25, -0.2) is 0 Å². The van der Waals surface area contributed by atoms with Crippen LogP contribution >= 0.6 is 0 Å².